The molecule has 0 saturated carbocycles. The Bertz CT molecular complexity index is 181. The molecular weight excluding hydrogens is 203 g/mol. The summed E-state index contributed by atoms with van der Waals surface area (Å²) in [6.45, 7) is 5.93. The molecule has 0 amide bonds. The van der Waals surface area contributed by atoms with Crippen LogP contribution < -0.4 is 10.6 Å². The molecule has 1 saturated heterocycles. The molecule has 0 aromatic heterocycles. The molecule has 1 aliphatic heterocycles. The number of hydrogen-bond acceptors (Lipinski definition) is 4. The van der Waals surface area contributed by atoms with Crippen molar-refractivity contribution < 1.29 is 13.0 Å². The molecule has 1 heterocycles. The Hall–Kier alpha value is 0.830. The van der Waals surface area contributed by atoms with E-state index in [-0.39, 0.29) is 35.3 Å². The van der Waals surface area contributed by atoms with Gasteiger partial charge in [-0.25, -0.2) is 0 Å². The SMILES string of the molecule is C1CNCCN1.CCS(=O)(=O)O.[Na]. The van der Waals surface area contributed by atoms with E-state index in [2.05, 4.69) is 10.6 Å². The zero-order valence-corrected chi connectivity index (χ0v) is 11.0. The van der Waals surface area contributed by atoms with Gasteiger partial charge in [0.25, 0.3) is 10.1 Å². The summed E-state index contributed by atoms with van der Waals surface area (Å²) in [4.78, 5) is 0. The average Bonchev–Trinajstić information content (AvgIpc) is 2.07. The normalized spacial score (nSPS) is 16.5. The van der Waals surface area contributed by atoms with Gasteiger partial charge in [0.05, 0.1) is 5.75 Å². The zero-order chi connectivity index (χ0) is 9.45. The van der Waals surface area contributed by atoms with Crippen LogP contribution in [0.5, 0.6) is 0 Å². The molecular formula is C6H16N2NaO3S. The molecule has 0 spiro atoms. The van der Waals surface area contributed by atoms with E-state index < -0.39 is 10.1 Å². The molecule has 7 heteroatoms. The van der Waals surface area contributed by atoms with Crippen molar-refractivity contribution in [3.63, 3.8) is 0 Å². The van der Waals surface area contributed by atoms with E-state index >= 15 is 0 Å². The van der Waals surface area contributed by atoms with Crippen LogP contribution in [0.1, 0.15) is 6.92 Å². The van der Waals surface area contributed by atoms with Crippen LogP contribution in [0.15, 0.2) is 0 Å². The predicted molar refractivity (Wildman–Crippen MR) is 53.6 cm³/mol. The molecule has 3 N–H and O–H groups in total. The maximum atomic E-state index is 9.56. The van der Waals surface area contributed by atoms with Gasteiger partial charge >= 0.3 is 0 Å². The van der Waals surface area contributed by atoms with Gasteiger partial charge in [0.15, 0.2) is 0 Å². The largest absolute Gasteiger partial charge is 0.314 e. The summed E-state index contributed by atoms with van der Waals surface area (Å²) in [5.74, 6) is -0.201. The standard InChI is InChI=1S/C4H10N2.C2H6O3S.Na/c1-2-6-4-3-5-1;1-2-6(3,4)5;/h5-6H,1-4H2;2H2,1H3,(H,3,4,5);. The van der Waals surface area contributed by atoms with Crippen molar-refractivity contribution in [3.05, 3.63) is 0 Å². The molecule has 1 aliphatic rings. The van der Waals surface area contributed by atoms with Gasteiger partial charge in [0.1, 0.15) is 0 Å². The van der Waals surface area contributed by atoms with Gasteiger partial charge in [-0.1, -0.05) is 0 Å². The van der Waals surface area contributed by atoms with Crippen LogP contribution in [0.2, 0.25) is 0 Å². The van der Waals surface area contributed by atoms with Gasteiger partial charge in [-0.2, -0.15) is 8.42 Å². The Morgan fingerprint density at radius 3 is 1.46 bits per heavy atom. The van der Waals surface area contributed by atoms with Gasteiger partial charge in [-0.05, 0) is 6.92 Å². The van der Waals surface area contributed by atoms with Gasteiger partial charge in [0.2, 0.25) is 0 Å². The van der Waals surface area contributed by atoms with E-state index in [4.69, 9.17) is 4.55 Å². The smallest absolute Gasteiger partial charge is 0.264 e. The Morgan fingerprint density at radius 1 is 1.15 bits per heavy atom. The van der Waals surface area contributed by atoms with Crippen LogP contribution in [0.3, 0.4) is 0 Å². The van der Waals surface area contributed by atoms with Crippen molar-refractivity contribution in [1.29, 1.82) is 0 Å². The molecule has 1 rings (SSSR count). The van der Waals surface area contributed by atoms with Crippen molar-refractivity contribution in [3.8, 4) is 0 Å². The van der Waals surface area contributed by atoms with Crippen LogP contribution >= 0.6 is 0 Å². The van der Waals surface area contributed by atoms with E-state index in [9.17, 15) is 8.42 Å². The third-order valence-electron chi connectivity index (χ3n) is 1.32. The second-order valence-electron chi connectivity index (χ2n) is 2.37. The molecule has 0 bridgehead atoms. The Morgan fingerprint density at radius 2 is 1.38 bits per heavy atom. The first kappa shape index (κ1) is 16.3. The molecule has 13 heavy (non-hydrogen) atoms. The van der Waals surface area contributed by atoms with E-state index in [0.717, 1.165) is 26.2 Å². The van der Waals surface area contributed by atoms with Gasteiger partial charge in [-0.3, -0.25) is 4.55 Å². The van der Waals surface area contributed by atoms with E-state index in [0.29, 0.717) is 0 Å². The summed E-state index contributed by atoms with van der Waals surface area (Å²) < 4.78 is 26.9. The van der Waals surface area contributed by atoms with Gasteiger partial charge in [-0.15, -0.1) is 0 Å². The van der Waals surface area contributed by atoms with Crippen LogP contribution in [0, 0.1) is 0 Å². The first-order valence-corrected chi connectivity index (χ1v) is 5.54. The third-order valence-corrected chi connectivity index (χ3v) is 2.05. The van der Waals surface area contributed by atoms with Crippen LogP contribution in [-0.4, -0.2) is 74.5 Å². The molecule has 0 unspecified atom stereocenters. The average molecular weight is 219 g/mol. The van der Waals surface area contributed by atoms with E-state index in [1.54, 1.807) is 0 Å². The number of hydrogen-bond donors (Lipinski definition) is 3. The minimum absolute atomic E-state index is 0. The number of nitrogens with one attached hydrogen (secondary N) is 2. The summed E-state index contributed by atoms with van der Waals surface area (Å²) >= 11 is 0. The number of rotatable bonds is 1. The minimum atomic E-state index is -3.66. The van der Waals surface area contributed by atoms with Crippen molar-refractivity contribution in [2.75, 3.05) is 31.9 Å². The fourth-order valence-corrected chi connectivity index (χ4v) is 0.604. The molecule has 1 fully saturated rings. The summed E-state index contributed by atoms with van der Waals surface area (Å²) in [6.07, 6.45) is 0. The number of piperazine rings is 1. The van der Waals surface area contributed by atoms with Crippen LogP contribution in [-0.2, 0) is 10.1 Å². The topological polar surface area (TPSA) is 78.4 Å². The predicted octanol–water partition coefficient (Wildman–Crippen LogP) is -1.31. The van der Waals surface area contributed by atoms with Crippen molar-refractivity contribution in [2.45, 2.75) is 6.92 Å². The first-order valence-electron chi connectivity index (χ1n) is 3.93. The first-order chi connectivity index (χ1) is 5.56. The van der Waals surface area contributed by atoms with E-state index in [1.807, 2.05) is 0 Å². The molecule has 0 aromatic carbocycles. The fourth-order valence-electron chi connectivity index (χ4n) is 0.604. The zero-order valence-electron chi connectivity index (χ0n) is 8.21. The summed E-state index contributed by atoms with van der Waals surface area (Å²) in [5.41, 5.74) is 0. The molecule has 0 aliphatic carbocycles. The van der Waals surface area contributed by atoms with Gasteiger partial charge in [0, 0.05) is 55.7 Å². The second-order valence-corrected chi connectivity index (χ2v) is 4.11. The Labute approximate surface area is 102 Å². The monoisotopic (exact) mass is 219 g/mol. The molecule has 75 valence electrons. The Balaban J connectivity index is 0. The fraction of sp³-hybridized carbons (Fsp3) is 1.00. The third kappa shape index (κ3) is 15.6. The van der Waals surface area contributed by atoms with Crippen molar-refractivity contribution >= 4 is 39.7 Å². The van der Waals surface area contributed by atoms with Gasteiger partial charge < -0.3 is 10.6 Å². The molecule has 1 radical (unpaired) electrons. The molecule has 5 nitrogen and oxygen atoms in total. The maximum absolute atomic E-state index is 9.56. The second kappa shape index (κ2) is 9.39. The van der Waals surface area contributed by atoms with Crippen LogP contribution in [0.4, 0.5) is 0 Å². The van der Waals surface area contributed by atoms with Crippen molar-refractivity contribution in [2.24, 2.45) is 0 Å². The summed E-state index contributed by atoms with van der Waals surface area (Å²) in [5, 5.41) is 6.44. The molecule has 0 aromatic rings. The minimum Gasteiger partial charge on any atom is -0.314 e. The summed E-state index contributed by atoms with van der Waals surface area (Å²) in [6, 6.07) is 0. The maximum Gasteiger partial charge on any atom is 0.264 e. The quantitative estimate of drug-likeness (QED) is 0.377. The van der Waals surface area contributed by atoms with Crippen molar-refractivity contribution in [1.82, 2.24) is 10.6 Å². The van der Waals surface area contributed by atoms with Crippen LogP contribution in [0.25, 0.3) is 0 Å². The Kier molecular flexibility index (Phi) is 11.7. The van der Waals surface area contributed by atoms with E-state index in [1.165, 1.54) is 6.92 Å². The summed E-state index contributed by atoms with van der Waals surface area (Å²) in [7, 11) is -3.66. The molecule has 0 atom stereocenters.